The largest absolute Gasteiger partial charge is 0.481 e. The molecule has 1 heterocycles. The molecule has 0 spiro atoms. The third-order valence-corrected chi connectivity index (χ3v) is 5.52. The summed E-state index contributed by atoms with van der Waals surface area (Å²) in [5, 5.41) is 9.10. The van der Waals surface area contributed by atoms with E-state index in [4.69, 9.17) is 5.11 Å². The first-order valence-electron chi connectivity index (χ1n) is 8.31. The molecular weight excluding hydrogens is 354 g/mol. The number of fused-ring (bicyclic) bond motifs is 2. The SMILES string of the molecule is CN(C)CC/C=C1/c2ccccc2CCc2sc(CC(=O)O)cc21.Cl. The Labute approximate surface area is 159 Å². The Kier molecular flexibility index (Phi) is 6.82. The normalized spacial score (nSPS) is 14.6. The van der Waals surface area contributed by atoms with Gasteiger partial charge in [-0.15, -0.1) is 23.7 Å². The molecular formula is C20H24ClNO2S. The number of benzene rings is 1. The van der Waals surface area contributed by atoms with Gasteiger partial charge in [0, 0.05) is 16.3 Å². The Morgan fingerprint density at radius 1 is 1.24 bits per heavy atom. The summed E-state index contributed by atoms with van der Waals surface area (Å²) in [4.78, 5) is 15.5. The van der Waals surface area contributed by atoms with Crippen LogP contribution in [0.5, 0.6) is 0 Å². The second kappa shape index (κ2) is 8.65. The summed E-state index contributed by atoms with van der Waals surface area (Å²) in [5.74, 6) is -0.759. The Hall–Kier alpha value is -1.62. The van der Waals surface area contributed by atoms with Gasteiger partial charge >= 0.3 is 5.97 Å². The molecule has 0 amide bonds. The van der Waals surface area contributed by atoms with E-state index in [1.807, 2.05) is 0 Å². The molecule has 2 aromatic rings. The molecule has 0 atom stereocenters. The van der Waals surface area contributed by atoms with Crippen molar-refractivity contribution in [3.63, 3.8) is 0 Å². The zero-order valence-electron chi connectivity index (χ0n) is 14.6. The molecule has 134 valence electrons. The van der Waals surface area contributed by atoms with Crippen molar-refractivity contribution in [2.45, 2.75) is 25.7 Å². The highest BCUT2D eigenvalue weighted by Gasteiger charge is 2.21. The van der Waals surface area contributed by atoms with Crippen molar-refractivity contribution in [3.05, 3.63) is 62.9 Å². The van der Waals surface area contributed by atoms with E-state index in [-0.39, 0.29) is 18.8 Å². The molecule has 1 aromatic carbocycles. The first kappa shape index (κ1) is 19.7. The van der Waals surface area contributed by atoms with Gasteiger partial charge in [-0.05, 0) is 61.7 Å². The van der Waals surface area contributed by atoms with Crippen molar-refractivity contribution in [3.8, 4) is 0 Å². The third-order valence-electron chi connectivity index (χ3n) is 4.33. The summed E-state index contributed by atoms with van der Waals surface area (Å²) in [5.41, 5.74) is 5.19. The lowest BCUT2D eigenvalue weighted by Crippen LogP contribution is -2.12. The molecule has 0 fully saturated rings. The Bertz CT molecular complexity index is 780. The standard InChI is InChI=1S/C20H23NO2S.ClH/c1-21(2)11-5-8-17-16-7-4-3-6-14(16)9-10-19-18(17)12-15(24-19)13-20(22)23;/h3-4,6-8,12H,5,9-11,13H2,1-2H3,(H,22,23);1H/b17-8-;. The fourth-order valence-electron chi connectivity index (χ4n) is 3.22. The summed E-state index contributed by atoms with van der Waals surface area (Å²) in [6.45, 7) is 1.01. The van der Waals surface area contributed by atoms with E-state index in [1.54, 1.807) is 11.3 Å². The summed E-state index contributed by atoms with van der Waals surface area (Å²) < 4.78 is 0. The van der Waals surface area contributed by atoms with Gasteiger partial charge in [-0.2, -0.15) is 0 Å². The van der Waals surface area contributed by atoms with Crippen molar-refractivity contribution >= 4 is 35.3 Å². The van der Waals surface area contributed by atoms with Crippen LogP contribution in [-0.2, 0) is 24.1 Å². The molecule has 3 nitrogen and oxygen atoms in total. The smallest absolute Gasteiger partial charge is 0.308 e. The summed E-state index contributed by atoms with van der Waals surface area (Å²) in [6, 6.07) is 10.7. The maximum atomic E-state index is 11.1. The van der Waals surface area contributed by atoms with Crippen LogP contribution in [0.25, 0.3) is 5.57 Å². The van der Waals surface area contributed by atoms with Crippen LogP contribution in [0.3, 0.4) is 0 Å². The predicted octanol–water partition coefficient (Wildman–Crippen LogP) is 4.28. The molecule has 25 heavy (non-hydrogen) atoms. The van der Waals surface area contributed by atoms with Crippen LogP contribution < -0.4 is 0 Å². The van der Waals surface area contributed by atoms with Crippen LogP contribution in [-0.4, -0.2) is 36.6 Å². The minimum Gasteiger partial charge on any atom is -0.481 e. The lowest BCUT2D eigenvalue weighted by molar-refractivity contribution is -0.136. The zero-order chi connectivity index (χ0) is 17.1. The Morgan fingerprint density at radius 3 is 2.72 bits per heavy atom. The summed E-state index contributed by atoms with van der Waals surface area (Å²) in [7, 11) is 4.17. The van der Waals surface area contributed by atoms with Gasteiger partial charge in [-0.3, -0.25) is 4.79 Å². The molecule has 1 aromatic heterocycles. The molecule has 0 saturated carbocycles. The monoisotopic (exact) mass is 377 g/mol. The average molecular weight is 378 g/mol. The van der Waals surface area contributed by atoms with Crippen LogP contribution in [0, 0.1) is 0 Å². The highest BCUT2D eigenvalue weighted by Crippen LogP contribution is 2.38. The predicted molar refractivity (Wildman–Crippen MR) is 107 cm³/mol. The van der Waals surface area contributed by atoms with E-state index >= 15 is 0 Å². The van der Waals surface area contributed by atoms with E-state index < -0.39 is 5.97 Å². The number of aliphatic carboxylic acids is 1. The number of halogens is 1. The zero-order valence-corrected chi connectivity index (χ0v) is 16.3. The number of carbonyl (C=O) groups is 1. The number of nitrogens with zero attached hydrogens (tertiary/aromatic N) is 1. The number of hydrogen-bond donors (Lipinski definition) is 1. The molecule has 1 N–H and O–H groups in total. The van der Waals surface area contributed by atoms with Crippen LogP contribution in [0.1, 0.15) is 32.9 Å². The van der Waals surface area contributed by atoms with Crippen LogP contribution in [0.4, 0.5) is 0 Å². The molecule has 1 aliphatic carbocycles. The fraction of sp³-hybridized carbons (Fsp3) is 0.350. The molecule has 5 heteroatoms. The van der Waals surface area contributed by atoms with Crippen molar-refractivity contribution in [1.82, 2.24) is 4.90 Å². The first-order chi connectivity index (χ1) is 11.5. The molecule has 1 aliphatic rings. The van der Waals surface area contributed by atoms with Crippen LogP contribution in [0.2, 0.25) is 0 Å². The molecule has 0 radical (unpaired) electrons. The highest BCUT2D eigenvalue weighted by atomic mass is 35.5. The first-order valence-corrected chi connectivity index (χ1v) is 9.13. The molecule has 0 unspecified atom stereocenters. The van der Waals surface area contributed by atoms with E-state index in [0.717, 1.165) is 30.7 Å². The lowest BCUT2D eigenvalue weighted by atomic mass is 9.95. The number of carboxylic acids is 1. The number of rotatable bonds is 5. The third kappa shape index (κ3) is 4.72. The van der Waals surface area contributed by atoms with Crippen molar-refractivity contribution in [2.75, 3.05) is 20.6 Å². The fourth-order valence-corrected chi connectivity index (χ4v) is 4.39. The summed E-state index contributed by atoms with van der Waals surface area (Å²) in [6.07, 6.45) is 5.42. The topological polar surface area (TPSA) is 40.5 Å². The molecule has 0 bridgehead atoms. The van der Waals surface area contributed by atoms with Crippen molar-refractivity contribution < 1.29 is 9.90 Å². The van der Waals surface area contributed by atoms with E-state index in [1.165, 1.54) is 27.1 Å². The molecule has 0 saturated heterocycles. The summed E-state index contributed by atoms with van der Waals surface area (Å²) >= 11 is 1.66. The number of carboxylic acid groups (broad SMARTS) is 1. The van der Waals surface area contributed by atoms with Gasteiger partial charge in [0.25, 0.3) is 0 Å². The Balaban J connectivity index is 0.00000225. The quantitative estimate of drug-likeness (QED) is 0.845. The molecule has 0 aliphatic heterocycles. The van der Waals surface area contributed by atoms with Gasteiger partial charge in [0.05, 0.1) is 6.42 Å². The second-order valence-electron chi connectivity index (χ2n) is 6.49. The van der Waals surface area contributed by atoms with Gasteiger partial charge in [0.1, 0.15) is 0 Å². The van der Waals surface area contributed by atoms with Gasteiger partial charge in [-0.25, -0.2) is 0 Å². The van der Waals surface area contributed by atoms with Gasteiger partial charge in [-0.1, -0.05) is 30.3 Å². The van der Waals surface area contributed by atoms with Crippen molar-refractivity contribution in [1.29, 1.82) is 0 Å². The number of aryl methyl sites for hydroxylation is 2. The van der Waals surface area contributed by atoms with Gasteiger partial charge in [0.2, 0.25) is 0 Å². The maximum absolute atomic E-state index is 11.1. The van der Waals surface area contributed by atoms with E-state index in [0.29, 0.717) is 0 Å². The average Bonchev–Trinajstić information content (AvgIpc) is 2.85. The Morgan fingerprint density at radius 2 is 2.00 bits per heavy atom. The highest BCUT2D eigenvalue weighted by molar-refractivity contribution is 7.12. The molecule has 3 rings (SSSR count). The van der Waals surface area contributed by atoms with E-state index in [2.05, 4.69) is 55.4 Å². The number of hydrogen-bond acceptors (Lipinski definition) is 3. The maximum Gasteiger partial charge on any atom is 0.308 e. The van der Waals surface area contributed by atoms with E-state index in [9.17, 15) is 4.79 Å². The van der Waals surface area contributed by atoms with Crippen LogP contribution >= 0.6 is 23.7 Å². The minimum atomic E-state index is -0.759. The van der Waals surface area contributed by atoms with Crippen LogP contribution in [0.15, 0.2) is 36.4 Å². The second-order valence-corrected chi connectivity index (χ2v) is 7.71. The van der Waals surface area contributed by atoms with Gasteiger partial charge in [0.15, 0.2) is 0 Å². The van der Waals surface area contributed by atoms with Crippen molar-refractivity contribution in [2.24, 2.45) is 0 Å². The van der Waals surface area contributed by atoms with Gasteiger partial charge < -0.3 is 10.0 Å². The lowest BCUT2D eigenvalue weighted by Gasteiger charge is -2.11. The minimum absolute atomic E-state index is 0. The number of thiophene rings is 1.